The van der Waals surface area contributed by atoms with Crippen LogP contribution in [0.1, 0.15) is 24.0 Å². The zero-order valence-electron chi connectivity index (χ0n) is 15.0. The van der Waals surface area contributed by atoms with Gasteiger partial charge in [0.2, 0.25) is 0 Å². The van der Waals surface area contributed by atoms with Crippen LogP contribution in [0.5, 0.6) is 5.75 Å². The largest absolute Gasteiger partial charge is 0.494 e. The molecular formula is C21H23ClFNO3. The fourth-order valence-electron chi connectivity index (χ4n) is 2.45. The van der Waals surface area contributed by atoms with Gasteiger partial charge in [-0.3, -0.25) is 4.79 Å². The Morgan fingerprint density at radius 2 is 2.07 bits per heavy atom. The Morgan fingerprint density at radius 3 is 2.81 bits per heavy atom. The minimum absolute atomic E-state index is 0.0948. The molecule has 0 amide bonds. The summed E-state index contributed by atoms with van der Waals surface area (Å²) in [6.45, 7) is 1.47. The molecule has 2 aromatic carbocycles. The van der Waals surface area contributed by atoms with E-state index >= 15 is 0 Å². The van der Waals surface area contributed by atoms with E-state index in [1.807, 2.05) is 30.4 Å². The number of aryl methyl sites for hydroxylation is 1. The van der Waals surface area contributed by atoms with Gasteiger partial charge in [0, 0.05) is 13.1 Å². The molecule has 0 spiro atoms. The quantitative estimate of drug-likeness (QED) is 0.551. The average molecular weight is 392 g/mol. The van der Waals surface area contributed by atoms with E-state index in [2.05, 4.69) is 5.32 Å². The van der Waals surface area contributed by atoms with Crippen molar-refractivity contribution in [3.8, 4) is 5.75 Å². The smallest absolute Gasteiger partial charge is 0.304 e. The predicted octanol–water partition coefficient (Wildman–Crippen LogP) is 4.57. The molecule has 27 heavy (non-hydrogen) atoms. The van der Waals surface area contributed by atoms with Crippen LogP contribution < -0.4 is 10.1 Å². The van der Waals surface area contributed by atoms with Crippen molar-refractivity contribution >= 4 is 23.6 Å². The highest BCUT2D eigenvalue weighted by molar-refractivity contribution is 6.32. The van der Waals surface area contributed by atoms with E-state index in [4.69, 9.17) is 21.4 Å². The molecule has 4 nitrogen and oxygen atoms in total. The second-order valence-electron chi connectivity index (χ2n) is 5.98. The number of benzene rings is 2. The van der Waals surface area contributed by atoms with Gasteiger partial charge in [-0.25, -0.2) is 4.39 Å². The summed E-state index contributed by atoms with van der Waals surface area (Å²) in [6.07, 6.45) is 5.19. The van der Waals surface area contributed by atoms with Crippen LogP contribution >= 0.6 is 11.6 Å². The highest BCUT2D eigenvalue weighted by Gasteiger charge is 2.03. The fourth-order valence-corrected chi connectivity index (χ4v) is 2.69. The van der Waals surface area contributed by atoms with Crippen LogP contribution in [-0.4, -0.2) is 30.8 Å². The lowest BCUT2D eigenvalue weighted by molar-refractivity contribution is -0.136. The molecule has 0 aliphatic heterocycles. The maximum atomic E-state index is 13.5. The van der Waals surface area contributed by atoms with Crippen molar-refractivity contribution in [2.45, 2.75) is 19.3 Å². The molecule has 0 aliphatic rings. The molecule has 144 valence electrons. The Kier molecular flexibility index (Phi) is 8.81. The van der Waals surface area contributed by atoms with Gasteiger partial charge in [-0.05, 0) is 48.2 Å². The zero-order chi connectivity index (χ0) is 19.5. The molecule has 2 aromatic rings. The van der Waals surface area contributed by atoms with Gasteiger partial charge in [-0.2, -0.15) is 0 Å². The molecule has 0 atom stereocenters. The van der Waals surface area contributed by atoms with Gasteiger partial charge >= 0.3 is 5.97 Å². The maximum absolute atomic E-state index is 13.5. The fraction of sp³-hybridized carbons (Fsp3) is 0.286. The molecule has 6 heteroatoms. The topological polar surface area (TPSA) is 58.6 Å². The van der Waals surface area contributed by atoms with Gasteiger partial charge < -0.3 is 15.2 Å². The van der Waals surface area contributed by atoms with Gasteiger partial charge in [-0.15, -0.1) is 0 Å². The zero-order valence-corrected chi connectivity index (χ0v) is 15.7. The number of rotatable bonds is 11. The summed E-state index contributed by atoms with van der Waals surface area (Å²) in [7, 11) is 0. The van der Waals surface area contributed by atoms with Crippen LogP contribution in [0.4, 0.5) is 4.39 Å². The first kappa shape index (κ1) is 20.9. The van der Waals surface area contributed by atoms with Gasteiger partial charge in [0.05, 0.1) is 18.1 Å². The van der Waals surface area contributed by atoms with Crippen molar-refractivity contribution < 1.29 is 19.0 Å². The lowest BCUT2D eigenvalue weighted by Crippen LogP contribution is -2.17. The summed E-state index contributed by atoms with van der Waals surface area (Å²) < 4.78 is 19.2. The minimum atomic E-state index is -0.820. The van der Waals surface area contributed by atoms with Crippen LogP contribution in [0.3, 0.4) is 0 Å². The van der Waals surface area contributed by atoms with E-state index in [0.29, 0.717) is 48.9 Å². The van der Waals surface area contributed by atoms with E-state index in [9.17, 15) is 9.18 Å². The molecule has 0 unspecified atom stereocenters. The number of hydrogen-bond donors (Lipinski definition) is 2. The Labute approximate surface area is 163 Å². The number of nitrogens with one attached hydrogen (secondary N) is 1. The number of carboxylic acids is 1. The lowest BCUT2D eigenvalue weighted by Gasteiger charge is -2.08. The minimum Gasteiger partial charge on any atom is -0.494 e. The van der Waals surface area contributed by atoms with Crippen molar-refractivity contribution in [1.82, 2.24) is 5.32 Å². The Hall–Kier alpha value is -2.37. The second kappa shape index (κ2) is 11.4. The summed E-state index contributed by atoms with van der Waals surface area (Å²) in [6, 6.07) is 12.2. The van der Waals surface area contributed by atoms with E-state index in [1.54, 1.807) is 18.2 Å². The highest BCUT2D eigenvalue weighted by Crippen LogP contribution is 2.24. The standard InChI is InChI=1S/C21H23ClFNO3/c22-19-15-18(27-14-4-7-17-5-1-2-8-20(17)23)10-9-16(19)6-3-12-24-13-11-21(25)26/h1-3,5-6,8-10,15,24H,4,7,11-14H2,(H,25,26). The number of ether oxygens (including phenoxy) is 1. The second-order valence-corrected chi connectivity index (χ2v) is 6.38. The number of halogens is 2. The van der Waals surface area contributed by atoms with Gasteiger partial charge in [0.1, 0.15) is 11.6 Å². The molecule has 0 bridgehead atoms. The summed E-state index contributed by atoms with van der Waals surface area (Å²) >= 11 is 6.26. The average Bonchev–Trinajstić information content (AvgIpc) is 2.64. The van der Waals surface area contributed by atoms with Gasteiger partial charge in [0.25, 0.3) is 0 Å². The monoisotopic (exact) mass is 391 g/mol. The lowest BCUT2D eigenvalue weighted by atomic mass is 10.1. The molecule has 0 aromatic heterocycles. The summed E-state index contributed by atoms with van der Waals surface area (Å²) in [5, 5.41) is 12.1. The molecule has 0 radical (unpaired) electrons. The summed E-state index contributed by atoms with van der Waals surface area (Å²) in [4.78, 5) is 10.4. The SMILES string of the molecule is O=C(O)CCNCC=Cc1ccc(OCCCc2ccccc2F)cc1Cl. The molecule has 0 aliphatic carbocycles. The van der Waals surface area contributed by atoms with Crippen LogP contribution in [-0.2, 0) is 11.2 Å². The Balaban J connectivity index is 1.73. The van der Waals surface area contributed by atoms with Crippen LogP contribution in [0.2, 0.25) is 5.02 Å². The Morgan fingerprint density at radius 1 is 1.26 bits per heavy atom. The van der Waals surface area contributed by atoms with E-state index in [0.717, 1.165) is 5.56 Å². The molecule has 2 N–H and O–H groups in total. The van der Waals surface area contributed by atoms with Crippen molar-refractivity contribution in [1.29, 1.82) is 0 Å². The summed E-state index contributed by atoms with van der Waals surface area (Å²) in [5.74, 6) is -0.335. The van der Waals surface area contributed by atoms with E-state index in [1.165, 1.54) is 6.07 Å². The molecule has 0 saturated heterocycles. The van der Waals surface area contributed by atoms with Crippen molar-refractivity contribution in [2.24, 2.45) is 0 Å². The molecule has 0 fully saturated rings. The number of aliphatic carboxylic acids is 1. The van der Waals surface area contributed by atoms with Crippen LogP contribution in [0.15, 0.2) is 48.5 Å². The normalized spacial score (nSPS) is 11.0. The van der Waals surface area contributed by atoms with Gasteiger partial charge in [0.15, 0.2) is 0 Å². The van der Waals surface area contributed by atoms with Gasteiger partial charge in [-0.1, -0.05) is 42.0 Å². The van der Waals surface area contributed by atoms with Crippen molar-refractivity contribution in [3.05, 3.63) is 70.5 Å². The predicted molar refractivity (Wildman–Crippen MR) is 106 cm³/mol. The van der Waals surface area contributed by atoms with E-state index < -0.39 is 5.97 Å². The van der Waals surface area contributed by atoms with Crippen LogP contribution in [0, 0.1) is 5.82 Å². The Bertz CT molecular complexity index is 780. The molecular weight excluding hydrogens is 369 g/mol. The third kappa shape index (κ3) is 7.81. The highest BCUT2D eigenvalue weighted by atomic mass is 35.5. The molecule has 0 saturated carbocycles. The summed E-state index contributed by atoms with van der Waals surface area (Å²) in [5.41, 5.74) is 1.55. The van der Waals surface area contributed by atoms with Crippen molar-refractivity contribution in [2.75, 3.05) is 19.7 Å². The van der Waals surface area contributed by atoms with Crippen molar-refractivity contribution in [3.63, 3.8) is 0 Å². The number of carbonyl (C=O) groups is 1. The van der Waals surface area contributed by atoms with Crippen LogP contribution in [0.25, 0.3) is 6.08 Å². The first-order valence-corrected chi connectivity index (χ1v) is 9.19. The third-order valence-corrected chi connectivity index (χ3v) is 4.19. The first-order valence-electron chi connectivity index (χ1n) is 8.81. The third-order valence-electron chi connectivity index (χ3n) is 3.86. The number of carboxylic acid groups (broad SMARTS) is 1. The number of hydrogen-bond acceptors (Lipinski definition) is 3. The maximum Gasteiger partial charge on any atom is 0.304 e. The molecule has 2 rings (SSSR count). The first-order chi connectivity index (χ1) is 13.1. The molecule has 0 heterocycles. The van der Waals surface area contributed by atoms with E-state index in [-0.39, 0.29) is 12.2 Å².